The molecule has 0 unspecified atom stereocenters. The first-order valence-electron chi connectivity index (χ1n) is 2.81. The number of alkyl halides is 5. The lowest BCUT2D eigenvalue weighted by atomic mass is 10.7. The van der Waals surface area contributed by atoms with Gasteiger partial charge < -0.3 is 4.18 Å². The fourth-order valence-corrected chi connectivity index (χ4v) is 1.05. The molecule has 0 aromatic rings. The van der Waals surface area contributed by atoms with Crippen molar-refractivity contribution < 1.29 is 39.3 Å². The second-order valence-electron chi connectivity index (χ2n) is 2.04. The first-order chi connectivity index (χ1) is 5.92. The molecule has 0 atom stereocenters. The minimum absolute atomic E-state index is 0.379. The normalized spacial score (nSPS) is 13.9. The Hall–Kier alpha value is -0.930. The third-order valence-electron chi connectivity index (χ3n) is 0.871. The first-order valence-corrected chi connectivity index (χ1v) is 4.22. The van der Waals surface area contributed by atoms with Crippen LogP contribution in [0, 0.1) is 0 Å². The molecule has 0 fully saturated rings. The highest BCUT2D eigenvalue weighted by atomic mass is 32.2. The number of hydrogen-bond donors (Lipinski definition) is 0. The summed E-state index contributed by atoms with van der Waals surface area (Å²) in [6.45, 7) is 0.379. The van der Waals surface area contributed by atoms with E-state index in [1.165, 1.54) is 0 Å². The van der Waals surface area contributed by atoms with Gasteiger partial charge in [0, 0.05) is 6.92 Å². The summed E-state index contributed by atoms with van der Waals surface area (Å²) >= 11 is 0. The molecule has 0 saturated heterocycles. The summed E-state index contributed by atoms with van der Waals surface area (Å²) in [6, 6.07) is 0. The standard InChI is InChI=1S/C4H3F5O4S/c1-2(10)13-14(11,12)4(8,9)3(5,6)7/h1H3. The molecule has 0 saturated carbocycles. The number of rotatable bonds is 2. The SMILES string of the molecule is CC(=O)OS(=O)(=O)C(F)(F)C(F)(F)F. The Morgan fingerprint density at radius 2 is 1.50 bits per heavy atom. The Morgan fingerprint density at radius 3 is 1.71 bits per heavy atom. The van der Waals surface area contributed by atoms with E-state index in [9.17, 15) is 35.2 Å². The van der Waals surface area contributed by atoms with Crippen LogP contribution >= 0.6 is 0 Å². The van der Waals surface area contributed by atoms with E-state index in [-0.39, 0.29) is 0 Å². The van der Waals surface area contributed by atoms with Gasteiger partial charge in [-0.2, -0.15) is 30.4 Å². The number of carbonyl (C=O) groups is 1. The highest BCUT2D eigenvalue weighted by molar-refractivity contribution is 7.88. The van der Waals surface area contributed by atoms with Crippen LogP contribution in [0.4, 0.5) is 22.0 Å². The zero-order chi connectivity index (χ0) is 11.8. The molecular formula is C4H3F5O4S. The summed E-state index contributed by atoms with van der Waals surface area (Å²) in [4.78, 5) is 9.93. The molecule has 0 aliphatic carbocycles. The zero-order valence-corrected chi connectivity index (χ0v) is 7.25. The summed E-state index contributed by atoms with van der Waals surface area (Å²) in [5, 5.41) is -6.11. The maximum atomic E-state index is 12.1. The van der Waals surface area contributed by atoms with E-state index < -0.39 is 27.5 Å². The fourth-order valence-electron chi connectivity index (χ4n) is 0.349. The van der Waals surface area contributed by atoms with Gasteiger partial charge in [0.05, 0.1) is 0 Å². The molecule has 0 bridgehead atoms. The molecule has 0 heterocycles. The molecule has 4 nitrogen and oxygen atoms in total. The van der Waals surface area contributed by atoms with Crippen molar-refractivity contribution in [2.24, 2.45) is 0 Å². The van der Waals surface area contributed by atoms with Gasteiger partial charge in [-0.1, -0.05) is 0 Å². The third-order valence-corrected chi connectivity index (χ3v) is 2.18. The average molecular weight is 242 g/mol. The Kier molecular flexibility index (Phi) is 3.11. The van der Waals surface area contributed by atoms with Crippen molar-refractivity contribution in [3.8, 4) is 0 Å². The van der Waals surface area contributed by atoms with Gasteiger partial charge in [0.1, 0.15) is 0 Å². The number of carbonyl (C=O) groups excluding carboxylic acids is 1. The molecule has 10 heteroatoms. The monoisotopic (exact) mass is 242 g/mol. The van der Waals surface area contributed by atoms with Gasteiger partial charge in [-0.3, -0.25) is 4.79 Å². The maximum absolute atomic E-state index is 12.1. The largest absolute Gasteiger partial charge is 0.476 e. The Morgan fingerprint density at radius 1 is 1.14 bits per heavy atom. The molecule has 0 radical (unpaired) electrons. The van der Waals surface area contributed by atoms with Crippen molar-refractivity contribution in [1.82, 2.24) is 0 Å². The van der Waals surface area contributed by atoms with Crippen molar-refractivity contribution in [3.05, 3.63) is 0 Å². The van der Waals surface area contributed by atoms with Crippen molar-refractivity contribution in [2.75, 3.05) is 0 Å². The van der Waals surface area contributed by atoms with Gasteiger partial charge in [0.15, 0.2) is 0 Å². The molecule has 0 rings (SSSR count). The Balaban J connectivity index is 5.20. The first kappa shape index (κ1) is 13.1. The summed E-state index contributed by atoms with van der Waals surface area (Å²) in [5.41, 5.74) is 0. The highest BCUT2D eigenvalue weighted by Crippen LogP contribution is 2.40. The fraction of sp³-hybridized carbons (Fsp3) is 0.750. The van der Waals surface area contributed by atoms with Crippen LogP contribution in [0.15, 0.2) is 0 Å². The molecule has 84 valence electrons. The summed E-state index contributed by atoms with van der Waals surface area (Å²) in [5.74, 6) is -1.78. The van der Waals surface area contributed by atoms with E-state index in [4.69, 9.17) is 0 Å². The van der Waals surface area contributed by atoms with Crippen LogP contribution in [0.5, 0.6) is 0 Å². The van der Waals surface area contributed by atoms with E-state index in [0.29, 0.717) is 6.92 Å². The molecular weight excluding hydrogens is 239 g/mol. The lowest BCUT2D eigenvalue weighted by Crippen LogP contribution is -2.45. The highest BCUT2D eigenvalue weighted by Gasteiger charge is 2.69. The Bertz CT molecular complexity index is 328. The number of hydrogen-bond acceptors (Lipinski definition) is 4. The van der Waals surface area contributed by atoms with Crippen LogP contribution in [0.3, 0.4) is 0 Å². The van der Waals surface area contributed by atoms with Gasteiger partial charge in [-0.15, -0.1) is 0 Å². The van der Waals surface area contributed by atoms with Crippen molar-refractivity contribution in [3.63, 3.8) is 0 Å². The minimum atomic E-state index is -6.33. The van der Waals surface area contributed by atoms with E-state index in [1.807, 2.05) is 0 Å². The van der Waals surface area contributed by atoms with Gasteiger partial charge in [0.2, 0.25) is 0 Å². The topological polar surface area (TPSA) is 60.4 Å². The molecule has 14 heavy (non-hydrogen) atoms. The van der Waals surface area contributed by atoms with E-state index in [0.717, 1.165) is 0 Å². The third kappa shape index (κ3) is 2.30. The second-order valence-corrected chi connectivity index (χ2v) is 3.63. The second kappa shape index (κ2) is 3.33. The molecule has 0 amide bonds. The van der Waals surface area contributed by atoms with Gasteiger partial charge in [-0.25, -0.2) is 0 Å². The molecule has 0 aromatic carbocycles. The predicted octanol–water partition coefficient (Wildman–Crippen LogP) is 1.03. The maximum Gasteiger partial charge on any atom is 0.476 e. The van der Waals surface area contributed by atoms with Gasteiger partial charge in [0.25, 0.3) is 0 Å². The van der Waals surface area contributed by atoms with Crippen LogP contribution in [0.2, 0.25) is 0 Å². The minimum Gasteiger partial charge on any atom is -0.342 e. The Labute approximate surface area is 74.8 Å². The average Bonchev–Trinajstić information content (AvgIpc) is 1.80. The van der Waals surface area contributed by atoms with Crippen LogP contribution in [0.1, 0.15) is 6.92 Å². The van der Waals surface area contributed by atoms with E-state index in [2.05, 4.69) is 4.18 Å². The van der Waals surface area contributed by atoms with Crippen molar-refractivity contribution >= 4 is 16.1 Å². The quantitative estimate of drug-likeness (QED) is 0.536. The van der Waals surface area contributed by atoms with Crippen LogP contribution in [0.25, 0.3) is 0 Å². The van der Waals surface area contributed by atoms with Crippen LogP contribution < -0.4 is 0 Å². The lowest BCUT2D eigenvalue weighted by molar-refractivity contribution is -0.243. The molecule has 0 aliphatic heterocycles. The summed E-state index contributed by atoms with van der Waals surface area (Å²) in [6.07, 6.45) is -6.33. The summed E-state index contributed by atoms with van der Waals surface area (Å²) < 4.78 is 81.8. The van der Waals surface area contributed by atoms with E-state index in [1.54, 1.807) is 0 Å². The van der Waals surface area contributed by atoms with E-state index >= 15 is 0 Å². The molecule has 0 aliphatic rings. The van der Waals surface area contributed by atoms with Gasteiger partial charge in [-0.05, 0) is 0 Å². The molecule has 0 aromatic heterocycles. The smallest absolute Gasteiger partial charge is 0.342 e. The van der Waals surface area contributed by atoms with Crippen molar-refractivity contribution in [2.45, 2.75) is 18.4 Å². The summed E-state index contributed by atoms with van der Waals surface area (Å²) in [7, 11) is -6.32. The van der Waals surface area contributed by atoms with Gasteiger partial charge >= 0.3 is 27.5 Å². The zero-order valence-electron chi connectivity index (χ0n) is 6.43. The molecule has 0 spiro atoms. The van der Waals surface area contributed by atoms with Crippen LogP contribution in [-0.2, 0) is 19.1 Å². The molecule has 0 N–H and O–H groups in total. The lowest BCUT2D eigenvalue weighted by Gasteiger charge is -2.17. The number of halogens is 5. The predicted molar refractivity (Wildman–Crippen MR) is 31.7 cm³/mol. The van der Waals surface area contributed by atoms with Crippen LogP contribution in [-0.4, -0.2) is 25.8 Å². The van der Waals surface area contributed by atoms with Crippen molar-refractivity contribution in [1.29, 1.82) is 0 Å².